The van der Waals surface area contributed by atoms with E-state index in [0.29, 0.717) is 48.5 Å². The number of carbonyl (C=O) groups is 2. The number of hydrogen-bond acceptors (Lipinski definition) is 5. The molecule has 1 heterocycles. The monoisotopic (exact) mass is 417 g/mol. The van der Waals surface area contributed by atoms with Crippen LogP contribution in [0.25, 0.3) is 0 Å². The summed E-state index contributed by atoms with van der Waals surface area (Å²) in [6.07, 6.45) is 0. The van der Waals surface area contributed by atoms with E-state index in [1.165, 1.54) is 0 Å². The lowest BCUT2D eigenvalue weighted by atomic mass is 10.2. The van der Waals surface area contributed by atoms with Gasteiger partial charge in [0.1, 0.15) is 5.75 Å². The van der Waals surface area contributed by atoms with Gasteiger partial charge in [-0.15, -0.1) is 0 Å². The molecule has 1 aliphatic rings. The van der Waals surface area contributed by atoms with E-state index in [1.54, 1.807) is 35.0 Å². The SMILES string of the molecule is CN(CC(=O)Nc1cc(Cl)ccc1Oc1ccccc1)CC(=O)N1CCOCC1. The number of halogens is 1. The second kappa shape index (κ2) is 10.2. The quantitative estimate of drug-likeness (QED) is 0.750. The van der Waals surface area contributed by atoms with Crippen LogP contribution in [0.2, 0.25) is 5.02 Å². The van der Waals surface area contributed by atoms with Crippen molar-refractivity contribution in [2.45, 2.75) is 0 Å². The molecule has 2 amide bonds. The predicted octanol–water partition coefficient (Wildman–Crippen LogP) is 2.86. The number of benzene rings is 2. The van der Waals surface area contributed by atoms with Crippen molar-refractivity contribution in [2.24, 2.45) is 0 Å². The van der Waals surface area contributed by atoms with E-state index < -0.39 is 0 Å². The van der Waals surface area contributed by atoms with Gasteiger partial charge < -0.3 is 19.7 Å². The van der Waals surface area contributed by atoms with Gasteiger partial charge in [-0.2, -0.15) is 0 Å². The molecule has 0 unspecified atom stereocenters. The number of carbonyl (C=O) groups excluding carboxylic acids is 2. The standard InChI is InChI=1S/C21H24ClN3O4/c1-24(15-21(27)25-9-11-28-12-10-25)14-20(26)23-18-13-16(22)7-8-19(18)29-17-5-3-2-4-6-17/h2-8,13H,9-12,14-15H2,1H3,(H,23,26). The molecule has 1 saturated heterocycles. The fourth-order valence-electron chi connectivity index (χ4n) is 2.94. The first-order valence-electron chi connectivity index (χ1n) is 9.37. The van der Waals surface area contributed by atoms with E-state index in [4.69, 9.17) is 21.1 Å². The van der Waals surface area contributed by atoms with E-state index in [9.17, 15) is 9.59 Å². The summed E-state index contributed by atoms with van der Waals surface area (Å²) in [6, 6.07) is 14.3. The zero-order chi connectivity index (χ0) is 20.6. The smallest absolute Gasteiger partial charge is 0.238 e. The number of ether oxygens (including phenoxy) is 2. The molecule has 2 aromatic rings. The Morgan fingerprint density at radius 1 is 1.14 bits per heavy atom. The molecular weight excluding hydrogens is 394 g/mol. The zero-order valence-electron chi connectivity index (χ0n) is 16.3. The number of amides is 2. The molecule has 1 aliphatic heterocycles. The Labute approximate surface area is 175 Å². The number of rotatable bonds is 7. The van der Waals surface area contributed by atoms with Crippen molar-refractivity contribution in [3.05, 3.63) is 53.6 Å². The van der Waals surface area contributed by atoms with Gasteiger partial charge in [0.15, 0.2) is 5.75 Å². The van der Waals surface area contributed by atoms with Crippen molar-refractivity contribution in [1.29, 1.82) is 0 Å². The molecule has 0 spiro atoms. The molecule has 29 heavy (non-hydrogen) atoms. The molecule has 0 atom stereocenters. The topological polar surface area (TPSA) is 71.1 Å². The largest absolute Gasteiger partial charge is 0.455 e. The number of hydrogen-bond donors (Lipinski definition) is 1. The first-order valence-corrected chi connectivity index (χ1v) is 9.75. The lowest BCUT2D eigenvalue weighted by Crippen LogP contribution is -2.46. The number of morpholine rings is 1. The van der Waals surface area contributed by atoms with Crippen LogP contribution >= 0.6 is 11.6 Å². The lowest BCUT2D eigenvalue weighted by Gasteiger charge is -2.28. The van der Waals surface area contributed by atoms with Crippen molar-refractivity contribution < 1.29 is 19.1 Å². The van der Waals surface area contributed by atoms with E-state index in [0.717, 1.165) is 0 Å². The molecule has 0 aromatic heterocycles. The van der Waals surface area contributed by atoms with Crippen molar-refractivity contribution in [1.82, 2.24) is 9.80 Å². The molecule has 1 fully saturated rings. The Balaban J connectivity index is 1.58. The third kappa shape index (κ3) is 6.45. The number of nitrogens with one attached hydrogen (secondary N) is 1. The molecule has 154 valence electrons. The Kier molecular flexibility index (Phi) is 7.46. The van der Waals surface area contributed by atoms with Gasteiger partial charge in [0, 0.05) is 18.1 Å². The van der Waals surface area contributed by atoms with Crippen LogP contribution in [0.15, 0.2) is 48.5 Å². The van der Waals surface area contributed by atoms with E-state index in [-0.39, 0.29) is 24.9 Å². The average molecular weight is 418 g/mol. The number of nitrogens with zero attached hydrogens (tertiary/aromatic N) is 2. The van der Waals surface area contributed by atoms with Crippen molar-refractivity contribution in [2.75, 3.05) is 51.8 Å². The molecule has 0 radical (unpaired) electrons. The van der Waals surface area contributed by atoms with E-state index in [2.05, 4.69) is 5.32 Å². The highest BCUT2D eigenvalue weighted by atomic mass is 35.5. The maximum atomic E-state index is 12.5. The van der Waals surface area contributed by atoms with Gasteiger partial charge in [0.05, 0.1) is 32.0 Å². The van der Waals surface area contributed by atoms with E-state index in [1.807, 2.05) is 30.3 Å². The summed E-state index contributed by atoms with van der Waals surface area (Å²) in [4.78, 5) is 28.2. The number of anilines is 1. The van der Waals surface area contributed by atoms with Gasteiger partial charge in [0.2, 0.25) is 11.8 Å². The molecule has 0 bridgehead atoms. The van der Waals surface area contributed by atoms with Crippen LogP contribution < -0.4 is 10.1 Å². The van der Waals surface area contributed by atoms with Gasteiger partial charge in [-0.25, -0.2) is 0 Å². The molecule has 0 saturated carbocycles. The van der Waals surface area contributed by atoms with Crippen LogP contribution in [0.5, 0.6) is 11.5 Å². The second-order valence-electron chi connectivity index (χ2n) is 6.77. The van der Waals surface area contributed by atoms with Crippen molar-refractivity contribution in [3.63, 3.8) is 0 Å². The molecular formula is C21H24ClN3O4. The van der Waals surface area contributed by atoms with Crippen molar-refractivity contribution >= 4 is 29.1 Å². The Bertz CT molecular complexity index is 841. The number of likely N-dealkylation sites (N-methyl/N-ethyl adjacent to an activating group) is 1. The normalized spacial score (nSPS) is 14.0. The molecule has 8 heteroatoms. The Morgan fingerprint density at radius 2 is 1.86 bits per heavy atom. The summed E-state index contributed by atoms with van der Waals surface area (Å²) in [6.45, 7) is 2.50. The lowest BCUT2D eigenvalue weighted by molar-refractivity contribution is -0.136. The third-order valence-electron chi connectivity index (χ3n) is 4.37. The van der Waals surface area contributed by atoms with Gasteiger partial charge >= 0.3 is 0 Å². The number of para-hydroxylation sites is 1. The average Bonchev–Trinajstić information content (AvgIpc) is 2.71. The summed E-state index contributed by atoms with van der Waals surface area (Å²) in [5.41, 5.74) is 0.472. The van der Waals surface area contributed by atoms with Crippen LogP contribution in [-0.4, -0.2) is 68.1 Å². The van der Waals surface area contributed by atoms with Crippen molar-refractivity contribution in [3.8, 4) is 11.5 Å². The van der Waals surface area contributed by atoms with Gasteiger partial charge in [-0.1, -0.05) is 29.8 Å². The molecule has 0 aliphatic carbocycles. The highest BCUT2D eigenvalue weighted by Crippen LogP contribution is 2.31. The minimum atomic E-state index is -0.262. The molecule has 3 rings (SSSR count). The minimum absolute atomic E-state index is 0.0144. The summed E-state index contributed by atoms with van der Waals surface area (Å²) >= 11 is 6.09. The highest BCUT2D eigenvalue weighted by molar-refractivity contribution is 6.31. The van der Waals surface area contributed by atoms with Crippen LogP contribution in [0.1, 0.15) is 0 Å². The summed E-state index contributed by atoms with van der Waals surface area (Å²) < 4.78 is 11.1. The van der Waals surface area contributed by atoms with Gasteiger partial charge in [0.25, 0.3) is 0 Å². The molecule has 7 nitrogen and oxygen atoms in total. The Hall–Kier alpha value is -2.61. The minimum Gasteiger partial charge on any atom is -0.455 e. The van der Waals surface area contributed by atoms with Crippen LogP contribution in [0.3, 0.4) is 0 Å². The highest BCUT2D eigenvalue weighted by Gasteiger charge is 2.19. The summed E-state index contributed by atoms with van der Waals surface area (Å²) in [5.74, 6) is 0.862. The fourth-order valence-corrected chi connectivity index (χ4v) is 3.11. The summed E-state index contributed by atoms with van der Waals surface area (Å²) in [5, 5.41) is 3.30. The molecule has 1 N–H and O–H groups in total. The predicted molar refractivity (Wildman–Crippen MR) is 111 cm³/mol. The fraction of sp³-hybridized carbons (Fsp3) is 0.333. The first kappa shape index (κ1) is 21.1. The van der Waals surface area contributed by atoms with Crippen LogP contribution in [0, 0.1) is 0 Å². The van der Waals surface area contributed by atoms with E-state index >= 15 is 0 Å². The third-order valence-corrected chi connectivity index (χ3v) is 4.60. The van der Waals surface area contributed by atoms with Crippen LogP contribution in [-0.2, 0) is 14.3 Å². The van der Waals surface area contributed by atoms with Gasteiger partial charge in [-0.3, -0.25) is 14.5 Å². The van der Waals surface area contributed by atoms with Gasteiger partial charge in [-0.05, 0) is 37.4 Å². The second-order valence-corrected chi connectivity index (χ2v) is 7.21. The maximum Gasteiger partial charge on any atom is 0.238 e. The Morgan fingerprint density at radius 3 is 2.59 bits per heavy atom. The molecule has 2 aromatic carbocycles. The first-order chi connectivity index (χ1) is 14.0. The van der Waals surface area contributed by atoms with Crippen LogP contribution in [0.4, 0.5) is 5.69 Å². The maximum absolute atomic E-state index is 12.5. The summed E-state index contributed by atoms with van der Waals surface area (Å²) in [7, 11) is 1.73. The zero-order valence-corrected chi connectivity index (χ0v) is 17.0.